The fraction of sp³-hybridized carbons (Fsp3) is 0.562. The first-order valence-corrected chi connectivity index (χ1v) is 7.65. The van der Waals surface area contributed by atoms with Crippen LogP contribution in [0.25, 0.3) is 0 Å². The van der Waals surface area contributed by atoms with Gasteiger partial charge in [0.25, 0.3) is 5.91 Å². The number of rotatable bonds is 2. The Morgan fingerprint density at radius 3 is 2.90 bits per heavy atom. The number of ether oxygens (including phenoxy) is 1. The SMILES string of the molecule is CC1CCC(Nc2cc3c(cc2N)OCC(=O)N3)C(C)C1. The summed E-state index contributed by atoms with van der Waals surface area (Å²) in [6, 6.07) is 4.10. The number of fused-ring (bicyclic) bond motifs is 1. The van der Waals surface area contributed by atoms with Gasteiger partial charge in [0.2, 0.25) is 0 Å². The molecular weight excluding hydrogens is 266 g/mol. The highest BCUT2D eigenvalue weighted by atomic mass is 16.5. The standard InChI is InChI=1S/C16H23N3O2/c1-9-3-4-12(10(2)5-9)18-13-7-14-15(6-11(13)17)21-8-16(20)19-14/h6-7,9-10,12,18H,3-5,8,17H2,1-2H3,(H,19,20). The van der Waals surface area contributed by atoms with Crippen LogP contribution in [0, 0.1) is 11.8 Å². The van der Waals surface area contributed by atoms with Gasteiger partial charge in [-0.1, -0.05) is 13.8 Å². The van der Waals surface area contributed by atoms with Crippen LogP contribution in [0.5, 0.6) is 5.75 Å². The third kappa shape index (κ3) is 2.91. The van der Waals surface area contributed by atoms with Crippen LogP contribution in [0.1, 0.15) is 33.1 Å². The maximum absolute atomic E-state index is 11.4. The summed E-state index contributed by atoms with van der Waals surface area (Å²) in [5.74, 6) is 1.93. The smallest absolute Gasteiger partial charge is 0.262 e. The summed E-state index contributed by atoms with van der Waals surface area (Å²) in [5.41, 5.74) is 8.35. The van der Waals surface area contributed by atoms with E-state index in [0.29, 0.717) is 29.1 Å². The fourth-order valence-electron chi connectivity index (χ4n) is 3.35. The molecule has 114 valence electrons. The maximum Gasteiger partial charge on any atom is 0.262 e. The minimum Gasteiger partial charge on any atom is -0.482 e. The van der Waals surface area contributed by atoms with Gasteiger partial charge < -0.3 is 21.1 Å². The number of carbonyl (C=O) groups is 1. The van der Waals surface area contributed by atoms with Crippen LogP contribution < -0.4 is 21.1 Å². The minimum atomic E-state index is -0.127. The van der Waals surface area contributed by atoms with E-state index in [1.54, 1.807) is 6.07 Å². The Balaban J connectivity index is 1.79. The predicted molar refractivity (Wildman–Crippen MR) is 84.6 cm³/mol. The summed E-state index contributed by atoms with van der Waals surface area (Å²) >= 11 is 0. The van der Waals surface area contributed by atoms with E-state index in [1.807, 2.05) is 6.07 Å². The average Bonchev–Trinajstić information content (AvgIpc) is 2.43. The number of nitrogen functional groups attached to an aromatic ring is 1. The molecule has 5 heteroatoms. The average molecular weight is 289 g/mol. The van der Waals surface area contributed by atoms with Gasteiger partial charge in [-0.15, -0.1) is 0 Å². The monoisotopic (exact) mass is 289 g/mol. The van der Waals surface area contributed by atoms with Gasteiger partial charge in [-0.3, -0.25) is 4.79 Å². The number of nitrogens with one attached hydrogen (secondary N) is 2. The van der Waals surface area contributed by atoms with Gasteiger partial charge >= 0.3 is 0 Å². The molecule has 1 saturated carbocycles. The van der Waals surface area contributed by atoms with E-state index in [-0.39, 0.29) is 12.5 Å². The van der Waals surface area contributed by atoms with Gasteiger partial charge in [0.15, 0.2) is 6.61 Å². The topological polar surface area (TPSA) is 76.4 Å². The number of carbonyl (C=O) groups excluding carboxylic acids is 1. The summed E-state index contributed by atoms with van der Waals surface area (Å²) < 4.78 is 5.38. The zero-order valence-corrected chi connectivity index (χ0v) is 12.6. The van der Waals surface area contributed by atoms with Crippen molar-refractivity contribution in [3.05, 3.63) is 12.1 Å². The van der Waals surface area contributed by atoms with Crippen LogP contribution >= 0.6 is 0 Å². The van der Waals surface area contributed by atoms with Gasteiger partial charge in [-0.25, -0.2) is 0 Å². The molecule has 1 amide bonds. The molecule has 3 unspecified atom stereocenters. The lowest BCUT2D eigenvalue weighted by Crippen LogP contribution is -2.33. The molecular formula is C16H23N3O2. The van der Waals surface area contributed by atoms with Gasteiger partial charge in [0, 0.05) is 12.1 Å². The maximum atomic E-state index is 11.4. The number of nitrogens with two attached hydrogens (primary N) is 1. The van der Waals surface area contributed by atoms with Gasteiger partial charge in [0.05, 0.1) is 17.1 Å². The quantitative estimate of drug-likeness (QED) is 0.732. The van der Waals surface area contributed by atoms with E-state index >= 15 is 0 Å². The molecule has 1 aromatic rings. The number of hydrogen-bond acceptors (Lipinski definition) is 4. The van der Waals surface area contributed by atoms with Crippen LogP contribution in [0.15, 0.2) is 12.1 Å². The highest BCUT2D eigenvalue weighted by Gasteiger charge is 2.26. The Kier molecular flexibility index (Phi) is 3.66. The molecule has 3 rings (SSSR count). The molecule has 0 saturated heterocycles. The lowest BCUT2D eigenvalue weighted by molar-refractivity contribution is -0.118. The zero-order chi connectivity index (χ0) is 15.0. The highest BCUT2D eigenvalue weighted by molar-refractivity contribution is 5.97. The number of benzene rings is 1. The van der Waals surface area contributed by atoms with Crippen molar-refractivity contribution >= 4 is 23.0 Å². The summed E-state index contributed by atoms with van der Waals surface area (Å²) in [6.07, 6.45) is 3.64. The Morgan fingerprint density at radius 1 is 1.33 bits per heavy atom. The Bertz CT molecular complexity index is 559. The normalized spacial score (nSPS) is 28.3. The molecule has 1 aliphatic carbocycles. The van der Waals surface area contributed by atoms with Crippen molar-refractivity contribution in [1.29, 1.82) is 0 Å². The molecule has 3 atom stereocenters. The van der Waals surface area contributed by atoms with Crippen molar-refractivity contribution in [2.24, 2.45) is 11.8 Å². The van der Waals surface area contributed by atoms with Crippen LogP contribution in [0.2, 0.25) is 0 Å². The molecule has 0 bridgehead atoms. The summed E-state index contributed by atoms with van der Waals surface area (Å²) in [7, 11) is 0. The largest absolute Gasteiger partial charge is 0.482 e. The van der Waals surface area contributed by atoms with E-state index in [2.05, 4.69) is 24.5 Å². The third-order valence-corrected chi connectivity index (χ3v) is 4.56. The second-order valence-corrected chi connectivity index (χ2v) is 6.42. The van der Waals surface area contributed by atoms with Crippen molar-refractivity contribution in [1.82, 2.24) is 0 Å². The first-order chi connectivity index (χ1) is 10.0. The molecule has 5 nitrogen and oxygen atoms in total. The molecule has 0 aromatic heterocycles. The molecule has 1 heterocycles. The Morgan fingerprint density at radius 2 is 2.14 bits per heavy atom. The van der Waals surface area contributed by atoms with Crippen molar-refractivity contribution < 1.29 is 9.53 Å². The Labute approximate surface area is 125 Å². The molecule has 4 N–H and O–H groups in total. The molecule has 1 aromatic carbocycles. The van der Waals surface area contributed by atoms with Crippen LogP contribution in [-0.4, -0.2) is 18.6 Å². The first-order valence-electron chi connectivity index (χ1n) is 7.65. The van der Waals surface area contributed by atoms with Gasteiger partial charge in [-0.05, 0) is 37.2 Å². The zero-order valence-electron chi connectivity index (χ0n) is 12.6. The molecule has 0 radical (unpaired) electrons. The molecule has 2 aliphatic rings. The number of anilines is 3. The second kappa shape index (κ2) is 5.47. The second-order valence-electron chi connectivity index (χ2n) is 6.42. The van der Waals surface area contributed by atoms with Crippen LogP contribution in [0.3, 0.4) is 0 Å². The van der Waals surface area contributed by atoms with E-state index in [1.165, 1.54) is 12.8 Å². The Hall–Kier alpha value is -1.91. The third-order valence-electron chi connectivity index (χ3n) is 4.56. The predicted octanol–water partition coefficient (Wildman–Crippen LogP) is 2.84. The highest BCUT2D eigenvalue weighted by Crippen LogP contribution is 2.37. The summed E-state index contributed by atoms with van der Waals surface area (Å²) in [4.78, 5) is 11.4. The van der Waals surface area contributed by atoms with Crippen molar-refractivity contribution in [2.75, 3.05) is 23.0 Å². The van der Waals surface area contributed by atoms with Crippen molar-refractivity contribution in [3.8, 4) is 5.75 Å². The van der Waals surface area contributed by atoms with Crippen LogP contribution in [0.4, 0.5) is 17.1 Å². The molecule has 21 heavy (non-hydrogen) atoms. The van der Waals surface area contributed by atoms with E-state index in [0.717, 1.165) is 18.0 Å². The molecule has 1 aliphatic heterocycles. The summed E-state index contributed by atoms with van der Waals surface area (Å²) in [5, 5.41) is 6.38. The first kappa shape index (κ1) is 14.0. The minimum absolute atomic E-state index is 0.0523. The van der Waals surface area contributed by atoms with Gasteiger partial charge in [0.1, 0.15) is 5.75 Å². The van der Waals surface area contributed by atoms with E-state index in [4.69, 9.17) is 10.5 Å². The number of amides is 1. The lowest BCUT2D eigenvalue weighted by Gasteiger charge is -2.34. The molecule has 0 spiro atoms. The summed E-state index contributed by atoms with van der Waals surface area (Å²) in [6.45, 7) is 4.65. The van der Waals surface area contributed by atoms with Crippen LogP contribution in [-0.2, 0) is 4.79 Å². The van der Waals surface area contributed by atoms with Crippen molar-refractivity contribution in [2.45, 2.75) is 39.2 Å². The van der Waals surface area contributed by atoms with E-state index in [9.17, 15) is 4.79 Å². The van der Waals surface area contributed by atoms with E-state index < -0.39 is 0 Å². The number of hydrogen-bond donors (Lipinski definition) is 3. The fourth-order valence-corrected chi connectivity index (χ4v) is 3.35. The van der Waals surface area contributed by atoms with Gasteiger partial charge in [-0.2, -0.15) is 0 Å². The molecule has 1 fully saturated rings. The van der Waals surface area contributed by atoms with Crippen molar-refractivity contribution in [3.63, 3.8) is 0 Å². The lowest BCUT2D eigenvalue weighted by atomic mass is 9.80.